The molecule has 2 N–H and O–H groups in total. The van der Waals surface area contributed by atoms with E-state index in [2.05, 4.69) is 0 Å². The maximum Gasteiger partial charge on any atom is 0.223 e. The summed E-state index contributed by atoms with van der Waals surface area (Å²) in [5.41, 5.74) is 6.41. The van der Waals surface area contributed by atoms with Crippen molar-refractivity contribution < 1.29 is 13.6 Å². The van der Waals surface area contributed by atoms with Crippen molar-refractivity contribution in [3.05, 3.63) is 35.4 Å². The minimum absolute atomic E-state index is 0.0112. The fraction of sp³-hybridized carbons (Fsp3) is 0.588. The highest BCUT2D eigenvalue weighted by atomic mass is 19.2. The molecule has 22 heavy (non-hydrogen) atoms. The molecule has 0 unspecified atom stereocenters. The van der Waals surface area contributed by atoms with Crippen LogP contribution in [0.2, 0.25) is 0 Å². The molecule has 2 rings (SSSR count). The number of nitrogens with zero attached hydrogens (tertiary/aromatic N) is 1. The molecule has 1 fully saturated rings. The first-order chi connectivity index (χ1) is 10.5. The summed E-state index contributed by atoms with van der Waals surface area (Å²) in [6, 6.07) is 3.73. The molecule has 0 bridgehead atoms. The van der Waals surface area contributed by atoms with E-state index in [-0.39, 0.29) is 17.9 Å². The second-order valence-corrected chi connectivity index (χ2v) is 6.44. The van der Waals surface area contributed by atoms with Crippen molar-refractivity contribution in [3.8, 4) is 0 Å². The Hall–Kier alpha value is -1.49. The number of nitrogens with two attached hydrogens (primary N) is 1. The molecular formula is C17H24F2N2O. The number of hydrogen-bond acceptors (Lipinski definition) is 2. The van der Waals surface area contributed by atoms with Gasteiger partial charge in [0.1, 0.15) is 0 Å². The van der Waals surface area contributed by atoms with E-state index >= 15 is 0 Å². The average Bonchev–Trinajstić information content (AvgIpc) is 2.51. The van der Waals surface area contributed by atoms with Gasteiger partial charge < -0.3 is 10.6 Å². The zero-order chi connectivity index (χ0) is 16.2. The molecule has 1 amide bonds. The lowest BCUT2D eigenvalue weighted by atomic mass is 9.71. The Labute approximate surface area is 130 Å². The molecule has 0 atom stereocenters. The number of carbonyl (C=O) groups is 1. The summed E-state index contributed by atoms with van der Waals surface area (Å²) >= 11 is 0. The smallest absolute Gasteiger partial charge is 0.223 e. The molecule has 0 aromatic heterocycles. The third kappa shape index (κ3) is 4.03. The fourth-order valence-electron chi connectivity index (χ4n) is 3.21. The van der Waals surface area contributed by atoms with Gasteiger partial charge in [-0.2, -0.15) is 0 Å². The highest BCUT2D eigenvalue weighted by molar-refractivity contribution is 5.76. The van der Waals surface area contributed by atoms with Gasteiger partial charge in [-0.05, 0) is 42.5 Å². The third-order valence-electron chi connectivity index (χ3n) is 4.70. The molecule has 0 heterocycles. The van der Waals surface area contributed by atoms with Crippen LogP contribution < -0.4 is 5.73 Å². The van der Waals surface area contributed by atoms with E-state index in [0.29, 0.717) is 18.5 Å². The van der Waals surface area contributed by atoms with Crippen LogP contribution in [-0.2, 0) is 11.3 Å². The van der Waals surface area contributed by atoms with Gasteiger partial charge in [0.2, 0.25) is 5.91 Å². The van der Waals surface area contributed by atoms with E-state index in [1.807, 2.05) is 0 Å². The maximum atomic E-state index is 13.2. The molecule has 3 nitrogen and oxygen atoms in total. The molecular weight excluding hydrogens is 286 g/mol. The monoisotopic (exact) mass is 310 g/mol. The molecule has 0 radical (unpaired) electrons. The van der Waals surface area contributed by atoms with E-state index in [9.17, 15) is 13.6 Å². The molecule has 5 heteroatoms. The predicted molar refractivity (Wildman–Crippen MR) is 82.0 cm³/mol. The summed E-state index contributed by atoms with van der Waals surface area (Å²) < 4.78 is 26.2. The molecule has 1 saturated carbocycles. The largest absolute Gasteiger partial charge is 0.341 e. The Balaban J connectivity index is 1.97. The topological polar surface area (TPSA) is 46.3 Å². The van der Waals surface area contributed by atoms with Crippen LogP contribution in [0.25, 0.3) is 0 Å². The van der Waals surface area contributed by atoms with Crippen molar-refractivity contribution in [1.82, 2.24) is 4.90 Å². The summed E-state index contributed by atoms with van der Waals surface area (Å²) in [5, 5.41) is 0. The van der Waals surface area contributed by atoms with Gasteiger partial charge in [-0.25, -0.2) is 8.78 Å². The fourth-order valence-corrected chi connectivity index (χ4v) is 3.21. The Morgan fingerprint density at radius 2 is 1.91 bits per heavy atom. The highest BCUT2D eigenvalue weighted by Crippen LogP contribution is 2.38. The van der Waals surface area contributed by atoms with Gasteiger partial charge in [-0.15, -0.1) is 0 Å². The Bertz CT molecular complexity index is 527. The van der Waals surface area contributed by atoms with Crippen LogP contribution >= 0.6 is 0 Å². The summed E-state index contributed by atoms with van der Waals surface area (Å²) in [4.78, 5) is 14.0. The van der Waals surface area contributed by atoms with Gasteiger partial charge >= 0.3 is 0 Å². The number of carbonyl (C=O) groups excluding carboxylic acids is 1. The Morgan fingerprint density at radius 1 is 1.23 bits per heavy atom. The minimum Gasteiger partial charge on any atom is -0.341 e. The zero-order valence-corrected chi connectivity index (χ0v) is 13.1. The molecule has 1 aromatic rings. The quantitative estimate of drug-likeness (QED) is 0.907. The molecule has 0 saturated heterocycles. The number of hydrogen-bond donors (Lipinski definition) is 1. The second kappa shape index (κ2) is 7.18. The number of rotatable bonds is 5. The first-order valence-electron chi connectivity index (χ1n) is 7.84. The van der Waals surface area contributed by atoms with E-state index < -0.39 is 11.6 Å². The normalized spacial score (nSPS) is 17.3. The van der Waals surface area contributed by atoms with Gasteiger partial charge in [-0.1, -0.05) is 25.3 Å². The number of amides is 1. The summed E-state index contributed by atoms with van der Waals surface area (Å²) in [6.07, 6.45) is 5.88. The first kappa shape index (κ1) is 16.9. The standard InChI is InChI=1S/C17H24F2N2O/c1-21(11-13-5-6-14(18)15(19)9-13)16(22)10-17(12-20)7-3-2-4-8-17/h5-6,9H,2-4,7-8,10-12,20H2,1H3. The van der Waals surface area contributed by atoms with Crippen molar-refractivity contribution in [1.29, 1.82) is 0 Å². The molecule has 0 spiro atoms. The van der Waals surface area contributed by atoms with Crippen LogP contribution in [-0.4, -0.2) is 24.4 Å². The first-order valence-corrected chi connectivity index (χ1v) is 7.84. The highest BCUT2D eigenvalue weighted by Gasteiger charge is 2.33. The van der Waals surface area contributed by atoms with Gasteiger partial charge in [0.25, 0.3) is 0 Å². The lowest BCUT2D eigenvalue weighted by Crippen LogP contribution is -2.39. The van der Waals surface area contributed by atoms with Crippen molar-refractivity contribution in [3.63, 3.8) is 0 Å². The molecule has 1 aliphatic rings. The predicted octanol–water partition coefficient (Wildman–Crippen LogP) is 3.22. The zero-order valence-electron chi connectivity index (χ0n) is 13.1. The van der Waals surface area contributed by atoms with Crippen LogP contribution in [0.3, 0.4) is 0 Å². The van der Waals surface area contributed by atoms with Crippen molar-refractivity contribution in [2.45, 2.75) is 45.1 Å². The number of benzene rings is 1. The Kier molecular flexibility index (Phi) is 5.51. The molecule has 1 aliphatic carbocycles. The average molecular weight is 310 g/mol. The lowest BCUT2D eigenvalue weighted by molar-refractivity contribution is -0.133. The van der Waals surface area contributed by atoms with E-state index in [1.165, 1.54) is 12.5 Å². The van der Waals surface area contributed by atoms with E-state index in [0.717, 1.165) is 37.8 Å². The van der Waals surface area contributed by atoms with Crippen LogP contribution in [0.4, 0.5) is 8.78 Å². The second-order valence-electron chi connectivity index (χ2n) is 6.44. The maximum absolute atomic E-state index is 13.2. The van der Waals surface area contributed by atoms with Crippen molar-refractivity contribution >= 4 is 5.91 Å². The van der Waals surface area contributed by atoms with Crippen LogP contribution in [0.1, 0.15) is 44.1 Å². The third-order valence-corrected chi connectivity index (χ3v) is 4.70. The van der Waals surface area contributed by atoms with Crippen LogP contribution in [0.15, 0.2) is 18.2 Å². The summed E-state index contributed by atoms with van der Waals surface area (Å²) in [7, 11) is 1.69. The molecule has 122 valence electrons. The van der Waals surface area contributed by atoms with E-state index in [1.54, 1.807) is 11.9 Å². The van der Waals surface area contributed by atoms with Gasteiger partial charge in [0, 0.05) is 20.0 Å². The Morgan fingerprint density at radius 3 is 2.50 bits per heavy atom. The molecule has 1 aromatic carbocycles. The van der Waals surface area contributed by atoms with Crippen LogP contribution in [0, 0.1) is 17.0 Å². The summed E-state index contributed by atoms with van der Waals surface area (Å²) in [5.74, 6) is -1.75. The van der Waals surface area contributed by atoms with Gasteiger partial charge in [0.05, 0.1) is 0 Å². The van der Waals surface area contributed by atoms with Gasteiger partial charge in [0.15, 0.2) is 11.6 Å². The lowest BCUT2D eigenvalue weighted by Gasteiger charge is -2.36. The van der Waals surface area contributed by atoms with E-state index in [4.69, 9.17) is 5.73 Å². The van der Waals surface area contributed by atoms with Gasteiger partial charge in [-0.3, -0.25) is 4.79 Å². The summed E-state index contributed by atoms with van der Waals surface area (Å²) in [6.45, 7) is 0.800. The van der Waals surface area contributed by atoms with Crippen LogP contribution in [0.5, 0.6) is 0 Å². The number of halogens is 2. The SMILES string of the molecule is CN(Cc1ccc(F)c(F)c1)C(=O)CC1(CN)CCCCC1. The minimum atomic E-state index is -0.885. The molecule has 0 aliphatic heterocycles. The van der Waals surface area contributed by atoms with Crippen molar-refractivity contribution in [2.24, 2.45) is 11.1 Å². The van der Waals surface area contributed by atoms with Crippen molar-refractivity contribution in [2.75, 3.05) is 13.6 Å².